The van der Waals surface area contributed by atoms with Gasteiger partial charge in [0.2, 0.25) is 0 Å². The molecular weight excluding hydrogens is 264 g/mol. The van der Waals surface area contributed by atoms with Crippen LogP contribution < -0.4 is 5.73 Å². The number of sulfonamides is 1. The number of rotatable bonds is 5. The topological polar surface area (TPSA) is 92.1 Å². The Morgan fingerprint density at radius 1 is 1.42 bits per heavy atom. The molecule has 19 heavy (non-hydrogen) atoms. The van der Waals surface area contributed by atoms with Gasteiger partial charge in [-0.3, -0.25) is 0 Å². The molecule has 1 aliphatic rings. The van der Waals surface area contributed by atoms with E-state index in [-0.39, 0.29) is 11.1 Å². The van der Waals surface area contributed by atoms with Crippen LogP contribution in [-0.4, -0.2) is 41.8 Å². The minimum absolute atomic E-state index is 0.0749. The smallest absolute Gasteiger partial charge is 0.260 e. The molecule has 0 saturated heterocycles. The van der Waals surface area contributed by atoms with Gasteiger partial charge in [0.05, 0.1) is 6.20 Å². The third-order valence-corrected chi connectivity index (χ3v) is 5.46. The van der Waals surface area contributed by atoms with E-state index in [0.29, 0.717) is 18.9 Å². The molecule has 0 atom stereocenters. The van der Waals surface area contributed by atoms with Gasteiger partial charge >= 0.3 is 0 Å². The van der Waals surface area contributed by atoms with E-state index in [2.05, 4.69) is 9.97 Å². The van der Waals surface area contributed by atoms with Crippen LogP contribution in [0.2, 0.25) is 0 Å². The summed E-state index contributed by atoms with van der Waals surface area (Å²) in [6, 6.07) is 0.0749. The van der Waals surface area contributed by atoms with Crippen molar-refractivity contribution in [3.8, 4) is 0 Å². The molecule has 0 radical (unpaired) electrons. The van der Waals surface area contributed by atoms with E-state index < -0.39 is 10.0 Å². The van der Waals surface area contributed by atoms with Crippen LogP contribution in [0.3, 0.4) is 0 Å². The third-order valence-electron chi connectivity index (χ3n) is 3.60. The highest BCUT2D eigenvalue weighted by Gasteiger charge is 2.32. The highest BCUT2D eigenvalue weighted by molar-refractivity contribution is 7.89. The monoisotopic (exact) mass is 286 g/mol. The zero-order valence-corrected chi connectivity index (χ0v) is 12.1. The number of H-pyrrole nitrogens is 1. The molecule has 1 heterocycles. The van der Waals surface area contributed by atoms with Crippen molar-refractivity contribution in [3.05, 3.63) is 12.0 Å². The first-order valence-corrected chi connectivity index (χ1v) is 8.23. The van der Waals surface area contributed by atoms with E-state index in [4.69, 9.17) is 5.73 Å². The number of nitrogens with zero attached hydrogens (tertiary/aromatic N) is 2. The van der Waals surface area contributed by atoms with Crippen LogP contribution in [0.4, 0.5) is 0 Å². The maximum Gasteiger partial charge on any atom is 0.260 e. The molecule has 0 amide bonds. The van der Waals surface area contributed by atoms with Gasteiger partial charge in [0, 0.05) is 19.1 Å². The Hall–Kier alpha value is -0.920. The molecule has 0 spiro atoms. The van der Waals surface area contributed by atoms with Gasteiger partial charge < -0.3 is 10.7 Å². The average molecular weight is 286 g/mol. The van der Waals surface area contributed by atoms with E-state index in [1.165, 1.54) is 12.6 Å². The predicted octanol–water partition coefficient (Wildman–Crippen LogP) is 1.00. The maximum atomic E-state index is 12.6. The average Bonchev–Trinajstić information content (AvgIpc) is 2.84. The quantitative estimate of drug-likeness (QED) is 0.844. The second kappa shape index (κ2) is 6.02. The zero-order valence-electron chi connectivity index (χ0n) is 11.3. The van der Waals surface area contributed by atoms with Crippen LogP contribution in [-0.2, 0) is 10.0 Å². The molecule has 0 unspecified atom stereocenters. The SMILES string of the molecule is Cc1ncc(S(=O)(=O)N(CCN)C2CCCCC2)[nH]1. The van der Waals surface area contributed by atoms with Crippen molar-refractivity contribution in [2.24, 2.45) is 5.73 Å². The summed E-state index contributed by atoms with van der Waals surface area (Å²) >= 11 is 0. The van der Waals surface area contributed by atoms with Gasteiger partial charge in [0.25, 0.3) is 10.0 Å². The number of aryl methyl sites for hydroxylation is 1. The third kappa shape index (κ3) is 3.16. The number of aromatic amines is 1. The van der Waals surface area contributed by atoms with Crippen molar-refractivity contribution < 1.29 is 8.42 Å². The normalized spacial score (nSPS) is 18.1. The second-order valence-corrected chi connectivity index (χ2v) is 6.89. The Morgan fingerprint density at radius 3 is 2.63 bits per heavy atom. The highest BCUT2D eigenvalue weighted by atomic mass is 32.2. The molecule has 108 valence electrons. The Morgan fingerprint density at radius 2 is 2.11 bits per heavy atom. The summed E-state index contributed by atoms with van der Waals surface area (Å²) in [5.41, 5.74) is 5.58. The van der Waals surface area contributed by atoms with Crippen LogP contribution in [0.15, 0.2) is 11.2 Å². The molecule has 3 N–H and O–H groups in total. The van der Waals surface area contributed by atoms with E-state index in [1.807, 2.05) is 0 Å². The fraction of sp³-hybridized carbons (Fsp3) is 0.750. The Balaban J connectivity index is 2.26. The summed E-state index contributed by atoms with van der Waals surface area (Å²) in [5, 5.41) is 0.170. The van der Waals surface area contributed by atoms with Gasteiger partial charge in [-0.1, -0.05) is 19.3 Å². The summed E-state index contributed by atoms with van der Waals surface area (Å²) in [5.74, 6) is 0.606. The molecule has 6 nitrogen and oxygen atoms in total. The minimum Gasteiger partial charge on any atom is -0.332 e. The lowest BCUT2D eigenvalue weighted by Gasteiger charge is -2.32. The largest absolute Gasteiger partial charge is 0.332 e. The first-order chi connectivity index (χ1) is 9.05. The van der Waals surface area contributed by atoms with Crippen LogP contribution in [0.5, 0.6) is 0 Å². The molecule has 1 aromatic heterocycles. The number of aromatic nitrogens is 2. The van der Waals surface area contributed by atoms with Crippen molar-refractivity contribution in [3.63, 3.8) is 0 Å². The fourth-order valence-electron chi connectivity index (χ4n) is 2.65. The highest BCUT2D eigenvalue weighted by Crippen LogP contribution is 2.26. The van der Waals surface area contributed by atoms with Gasteiger partial charge in [-0.2, -0.15) is 4.31 Å². The summed E-state index contributed by atoms with van der Waals surface area (Å²) in [7, 11) is -3.51. The van der Waals surface area contributed by atoms with E-state index in [1.54, 1.807) is 11.2 Å². The van der Waals surface area contributed by atoms with Crippen LogP contribution in [0.1, 0.15) is 37.9 Å². The molecular formula is C12H22N4O2S. The van der Waals surface area contributed by atoms with Crippen LogP contribution >= 0.6 is 0 Å². The zero-order chi connectivity index (χ0) is 13.9. The Bertz CT molecular complexity index is 506. The van der Waals surface area contributed by atoms with Crippen molar-refractivity contribution in [2.75, 3.05) is 13.1 Å². The molecule has 0 bridgehead atoms. The van der Waals surface area contributed by atoms with Crippen molar-refractivity contribution in [1.82, 2.24) is 14.3 Å². The van der Waals surface area contributed by atoms with E-state index in [9.17, 15) is 8.42 Å². The van der Waals surface area contributed by atoms with E-state index >= 15 is 0 Å². The standard InChI is InChI=1S/C12H22N4O2S/c1-10-14-9-12(15-10)19(17,18)16(8-7-13)11-5-3-2-4-6-11/h9,11H,2-8,13H2,1H3,(H,14,15). The molecule has 0 aromatic carbocycles. The van der Waals surface area contributed by atoms with Crippen LogP contribution in [0, 0.1) is 6.92 Å². The van der Waals surface area contributed by atoms with Crippen molar-refractivity contribution in [1.29, 1.82) is 0 Å². The summed E-state index contributed by atoms with van der Waals surface area (Å²) in [6.07, 6.45) is 6.60. The van der Waals surface area contributed by atoms with Gasteiger partial charge in [-0.15, -0.1) is 0 Å². The molecule has 1 aliphatic carbocycles. The number of nitrogens with two attached hydrogens (primary N) is 1. The first-order valence-electron chi connectivity index (χ1n) is 6.79. The maximum absolute atomic E-state index is 12.6. The lowest BCUT2D eigenvalue weighted by molar-refractivity contribution is 0.257. The van der Waals surface area contributed by atoms with Gasteiger partial charge in [0.15, 0.2) is 5.03 Å². The fourth-order valence-corrected chi connectivity index (χ4v) is 4.32. The summed E-state index contributed by atoms with van der Waals surface area (Å²) < 4.78 is 26.8. The number of hydrogen-bond donors (Lipinski definition) is 2. The van der Waals surface area contributed by atoms with Gasteiger partial charge in [-0.25, -0.2) is 13.4 Å². The van der Waals surface area contributed by atoms with Gasteiger partial charge in [0.1, 0.15) is 5.82 Å². The molecule has 2 rings (SSSR count). The van der Waals surface area contributed by atoms with Gasteiger partial charge in [-0.05, 0) is 19.8 Å². The van der Waals surface area contributed by atoms with E-state index in [0.717, 1.165) is 25.7 Å². The van der Waals surface area contributed by atoms with Crippen molar-refractivity contribution >= 4 is 10.0 Å². The van der Waals surface area contributed by atoms with Crippen LogP contribution in [0.25, 0.3) is 0 Å². The lowest BCUT2D eigenvalue weighted by Crippen LogP contribution is -2.44. The molecule has 1 aromatic rings. The Labute approximate surface area is 114 Å². The number of imidazole rings is 1. The molecule has 0 aliphatic heterocycles. The Kier molecular flexibility index (Phi) is 4.59. The molecule has 1 fully saturated rings. The first kappa shape index (κ1) is 14.5. The molecule has 7 heteroatoms. The van der Waals surface area contributed by atoms with Crippen molar-refractivity contribution in [2.45, 2.75) is 50.1 Å². The predicted molar refractivity (Wildman–Crippen MR) is 73.1 cm³/mol. The summed E-state index contributed by atoms with van der Waals surface area (Å²) in [6.45, 7) is 2.45. The molecule has 1 saturated carbocycles. The number of hydrogen-bond acceptors (Lipinski definition) is 4. The summed E-state index contributed by atoms with van der Waals surface area (Å²) in [4.78, 5) is 6.79. The lowest BCUT2D eigenvalue weighted by atomic mass is 9.95. The number of nitrogens with one attached hydrogen (secondary N) is 1. The second-order valence-electron chi connectivity index (χ2n) is 5.03. The minimum atomic E-state index is -3.51.